The number of aromatic nitrogens is 1. The minimum atomic E-state index is -0.0411. The molecule has 0 spiro atoms. The van der Waals surface area contributed by atoms with Gasteiger partial charge in [-0.15, -0.1) is 0 Å². The summed E-state index contributed by atoms with van der Waals surface area (Å²) in [5.74, 6) is -0.0411. The van der Waals surface area contributed by atoms with Gasteiger partial charge in [-0.1, -0.05) is 42.5 Å². The van der Waals surface area contributed by atoms with Gasteiger partial charge in [0.1, 0.15) is 0 Å². The van der Waals surface area contributed by atoms with Crippen LogP contribution in [0.15, 0.2) is 76.9 Å². The lowest BCUT2D eigenvalue weighted by molar-refractivity contribution is -0.121. The molecule has 1 saturated heterocycles. The lowest BCUT2D eigenvalue weighted by Crippen LogP contribution is -2.23. The number of hydrogen-bond donors (Lipinski definition) is 0. The number of likely N-dealkylation sites (N-methyl/N-ethyl adjacent to an activating group) is 1. The lowest BCUT2D eigenvalue weighted by Gasteiger charge is -2.06. The second kappa shape index (κ2) is 6.53. The number of aliphatic imine (C=N–C) groups is 1. The van der Waals surface area contributed by atoms with Crippen molar-refractivity contribution in [3.05, 3.63) is 77.5 Å². The lowest BCUT2D eigenvalue weighted by atomic mass is 10.0. The summed E-state index contributed by atoms with van der Waals surface area (Å²) in [6.45, 7) is 0. The smallest absolute Gasteiger partial charge is 0.266 e. The number of amides is 1. The summed E-state index contributed by atoms with van der Waals surface area (Å²) in [6.07, 6.45) is 5.32. The van der Waals surface area contributed by atoms with Crippen LogP contribution < -0.4 is 0 Å². The van der Waals surface area contributed by atoms with E-state index in [-0.39, 0.29) is 5.91 Å². The van der Waals surface area contributed by atoms with E-state index in [1.54, 1.807) is 24.3 Å². The molecule has 122 valence electrons. The molecule has 1 amide bonds. The summed E-state index contributed by atoms with van der Waals surface area (Å²) in [5.41, 5.74) is 1.76. The van der Waals surface area contributed by atoms with Gasteiger partial charge >= 0.3 is 0 Å². The van der Waals surface area contributed by atoms with Gasteiger partial charge in [-0.2, -0.15) is 0 Å². The number of carbonyl (C=O) groups is 1. The molecule has 1 aliphatic rings. The second-order valence-corrected chi connectivity index (χ2v) is 6.66. The topological polar surface area (TPSA) is 45.6 Å². The number of nitrogens with zero attached hydrogens (tertiary/aromatic N) is 3. The highest BCUT2D eigenvalue weighted by molar-refractivity contribution is 8.18. The highest BCUT2D eigenvalue weighted by atomic mass is 32.2. The molecule has 3 aromatic rings. The van der Waals surface area contributed by atoms with Gasteiger partial charge in [-0.25, -0.2) is 4.99 Å². The Labute approximate surface area is 149 Å². The Morgan fingerprint density at radius 2 is 1.92 bits per heavy atom. The Morgan fingerprint density at radius 1 is 1.08 bits per heavy atom. The van der Waals surface area contributed by atoms with Crippen molar-refractivity contribution in [1.29, 1.82) is 0 Å². The van der Waals surface area contributed by atoms with Crippen molar-refractivity contribution < 1.29 is 4.79 Å². The fourth-order valence-electron chi connectivity index (χ4n) is 2.70. The zero-order valence-corrected chi connectivity index (χ0v) is 14.4. The predicted octanol–water partition coefficient (Wildman–Crippen LogP) is 4.47. The van der Waals surface area contributed by atoms with Gasteiger partial charge < -0.3 is 0 Å². The Balaban J connectivity index is 1.72. The third kappa shape index (κ3) is 3.06. The molecule has 4 nitrogen and oxygen atoms in total. The maximum absolute atomic E-state index is 12.6. The first-order valence-corrected chi connectivity index (χ1v) is 8.68. The van der Waals surface area contributed by atoms with E-state index in [2.05, 4.69) is 28.2 Å². The molecule has 2 heterocycles. The van der Waals surface area contributed by atoms with E-state index in [9.17, 15) is 4.79 Å². The summed E-state index contributed by atoms with van der Waals surface area (Å²) >= 11 is 1.38. The monoisotopic (exact) mass is 345 g/mol. The van der Waals surface area contributed by atoms with Crippen LogP contribution in [-0.2, 0) is 4.79 Å². The van der Waals surface area contributed by atoms with E-state index in [1.165, 1.54) is 11.8 Å². The third-order valence-corrected chi connectivity index (χ3v) is 5.04. The van der Waals surface area contributed by atoms with Crippen molar-refractivity contribution in [2.45, 2.75) is 0 Å². The molecule has 0 saturated carbocycles. The van der Waals surface area contributed by atoms with E-state index in [0.29, 0.717) is 10.1 Å². The first-order chi connectivity index (χ1) is 12.2. The molecule has 0 N–H and O–H groups in total. The molecule has 0 aliphatic carbocycles. The number of amidine groups is 1. The fourth-order valence-corrected chi connectivity index (χ4v) is 3.68. The van der Waals surface area contributed by atoms with Crippen LogP contribution in [-0.4, -0.2) is 28.0 Å². The second-order valence-electron chi connectivity index (χ2n) is 5.65. The van der Waals surface area contributed by atoms with Gasteiger partial charge in [0.15, 0.2) is 5.17 Å². The van der Waals surface area contributed by atoms with Gasteiger partial charge in [0.2, 0.25) is 0 Å². The molecule has 25 heavy (non-hydrogen) atoms. The summed E-state index contributed by atoms with van der Waals surface area (Å²) in [4.78, 5) is 23.4. The number of hydrogen-bond acceptors (Lipinski definition) is 4. The van der Waals surface area contributed by atoms with Crippen LogP contribution in [0.4, 0.5) is 5.69 Å². The quantitative estimate of drug-likeness (QED) is 0.644. The summed E-state index contributed by atoms with van der Waals surface area (Å²) < 4.78 is 0. The molecule has 5 heteroatoms. The van der Waals surface area contributed by atoms with Crippen LogP contribution in [0.5, 0.6) is 0 Å². The number of rotatable bonds is 2. The molecule has 1 fully saturated rings. The zero-order valence-electron chi connectivity index (χ0n) is 13.6. The van der Waals surface area contributed by atoms with Gasteiger partial charge in [0.05, 0.1) is 16.8 Å². The molecular formula is C20H15N3OS. The normalized spacial score (nSPS) is 17.8. The van der Waals surface area contributed by atoms with Crippen LogP contribution in [0.2, 0.25) is 0 Å². The largest absolute Gasteiger partial charge is 0.290 e. The molecule has 4 rings (SSSR count). The average Bonchev–Trinajstić information content (AvgIpc) is 2.91. The van der Waals surface area contributed by atoms with E-state index in [0.717, 1.165) is 22.0 Å². The standard InChI is InChI=1S/C20H15N3OS/c1-23-19(24)18(25-20(23)22-16-9-5-11-21-13-16)12-15-8-4-7-14-6-2-3-10-17(14)15/h2-13H,1H3/b18-12-,22-20?. The van der Waals surface area contributed by atoms with Gasteiger partial charge in [-0.05, 0) is 46.3 Å². The first-order valence-electron chi connectivity index (χ1n) is 7.86. The van der Waals surface area contributed by atoms with Crippen molar-refractivity contribution >= 4 is 45.4 Å². The molecule has 0 unspecified atom stereocenters. The average molecular weight is 345 g/mol. The highest BCUT2D eigenvalue weighted by Crippen LogP contribution is 2.34. The Hall–Kier alpha value is -2.92. The maximum atomic E-state index is 12.6. The number of carbonyl (C=O) groups excluding carboxylic acids is 1. The Kier molecular flexibility index (Phi) is 4.07. The van der Waals surface area contributed by atoms with E-state index < -0.39 is 0 Å². The molecule has 2 aromatic carbocycles. The number of benzene rings is 2. The number of thioether (sulfide) groups is 1. The highest BCUT2D eigenvalue weighted by Gasteiger charge is 2.30. The predicted molar refractivity (Wildman–Crippen MR) is 104 cm³/mol. The number of pyridine rings is 1. The van der Waals surface area contributed by atoms with Gasteiger partial charge in [0, 0.05) is 13.2 Å². The Morgan fingerprint density at radius 3 is 2.76 bits per heavy atom. The van der Waals surface area contributed by atoms with Gasteiger partial charge in [-0.3, -0.25) is 14.7 Å². The molecule has 0 bridgehead atoms. The first kappa shape index (κ1) is 15.6. The molecule has 0 radical (unpaired) electrons. The fraction of sp³-hybridized carbons (Fsp3) is 0.0500. The van der Waals surface area contributed by atoms with Crippen molar-refractivity contribution in [2.75, 3.05) is 7.05 Å². The van der Waals surface area contributed by atoms with Crippen LogP contribution in [0.25, 0.3) is 16.8 Å². The van der Waals surface area contributed by atoms with E-state index >= 15 is 0 Å². The summed E-state index contributed by atoms with van der Waals surface area (Å²) in [6, 6.07) is 18.0. The van der Waals surface area contributed by atoms with E-state index in [4.69, 9.17) is 0 Å². The summed E-state index contributed by atoms with van der Waals surface area (Å²) in [5, 5.41) is 2.94. The minimum absolute atomic E-state index is 0.0411. The minimum Gasteiger partial charge on any atom is -0.290 e. The summed E-state index contributed by atoms with van der Waals surface area (Å²) in [7, 11) is 1.74. The van der Waals surface area contributed by atoms with Crippen LogP contribution in [0.1, 0.15) is 5.56 Å². The molecule has 0 atom stereocenters. The maximum Gasteiger partial charge on any atom is 0.266 e. The van der Waals surface area contributed by atoms with Gasteiger partial charge in [0.25, 0.3) is 5.91 Å². The van der Waals surface area contributed by atoms with Crippen molar-refractivity contribution in [3.8, 4) is 0 Å². The van der Waals surface area contributed by atoms with Crippen LogP contribution in [0.3, 0.4) is 0 Å². The van der Waals surface area contributed by atoms with E-state index in [1.807, 2.05) is 42.5 Å². The Bertz CT molecular complexity index is 1010. The third-order valence-electron chi connectivity index (χ3n) is 3.98. The zero-order chi connectivity index (χ0) is 17.2. The number of fused-ring (bicyclic) bond motifs is 1. The van der Waals surface area contributed by atoms with Crippen LogP contribution >= 0.6 is 11.8 Å². The molecule has 1 aliphatic heterocycles. The molecule has 1 aromatic heterocycles. The van der Waals surface area contributed by atoms with Crippen molar-refractivity contribution in [3.63, 3.8) is 0 Å². The SMILES string of the molecule is CN1C(=O)/C(=C/c2cccc3ccccc23)SC1=Nc1cccnc1. The van der Waals surface area contributed by atoms with Crippen molar-refractivity contribution in [1.82, 2.24) is 9.88 Å². The van der Waals surface area contributed by atoms with Crippen LogP contribution in [0, 0.1) is 0 Å². The molecular weight excluding hydrogens is 330 g/mol. The van der Waals surface area contributed by atoms with Crippen molar-refractivity contribution in [2.24, 2.45) is 4.99 Å².